The van der Waals surface area contributed by atoms with Crippen molar-refractivity contribution < 1.29 is 17.9 Å². The van der Waals surface area contributed by atoms with E-state index in [2.05, 4.69) is 10.1 Å². The number of para-hydroxylation sites is 1. The molecule has 0 unspecified atom stereocenters. The fourth-order valence-electron chi connectivity index (χ4n) is 2.99. The highest BCUT2D eigenvalue weighted by molar-refractivity contribution is 7.89. The highest BCUT2D eigenvalue weighted by atomic mass is 35.5. The topological polar surface area (TPSA) is 94.4 Å². The van der Waals surface area contributed by atoms with Crippen molar-refractivity contribution in [3.63, 3.8) is 0 Å². The van der Waals surface area contributed by atoms with Crippen LogP contribution in [0.25, 0.3) is 10.9 Å². The second kappa shape index (κ2) is 7.40. The van der Waals surface area contributed by atoms with E-state index < -0.39 is 15.9 Å². The second-order valence-electron chi connectivity index (χ2n) is 6.03. The quantitative estimate of drug-likeness (QED) is 0.627. The van der Waals surface area contributed by atoms with Crippen molar-refractivity contribution >= 4 is 38.4 Å². The van der Waals surface area contributed by atoms with Gasteiger partial charge < -0.3 is 4.74 Å². The first-order valence-electron chi connectivity index (χ1n) is 8.42. The summed E-state index contributed by atoms with van der Waals surface area (Å²) in [6.45, 7) is 2.99. The smallest absolute Gasteiger partial charge is 0.286 e. The van der Waals surface area contributed by atoms with Gasteiger partial charge in [-0.2, -0.15) is 5.10 Å². The van der Waals surface area contributed by atoms with Crippen molar-refractivity contribution in [1.82, 2.24) is 19.1 Å². The molecule has 0 fully saturated rings. The van der Waals surface area contributed by atoms with E-state index in [1.54, 1.807) is 19.1 Å². The lowest BCUT2D eigenvalue weighted by atomic mass is 10.2. The Bertz CT molecular complexity index is 1170. The van der Waals surface area contributed by atoms with Crippen LogP contribution in [0, 0.1) is 6.92 Å². The van der Waals surface area contributed by atoms with Crippen LogP contribution in [0.4, 0.5) is 0 Å². The van der Waals surface area contributed by atoms with E-state index in [1.807, 2.05) is 12.1 Å². The Morgan fingerprint density at radius 3 is 2.57 bits per heavy atom. The fourth-order valence-corrected chi connectivity index (χ4v) is 5.08. The van der Waals surface area contributed by atoms with Gasteiger partial charge in [-0.1, -0.05) is 23.7 Å². The van der Waals surface area contributed by atoms with Gasteiger partial charge in [-0.3, -0.25) is 9.48 Å². The van der Waals surface area contributed by atoms with Crippen LogP contribution in [0.2, 0.25) is 5.15 Å². The molecule has 0 aliphatic carbocycles. The van der Waals surface area contributed by atoms with Gasteiger partial charge in [0.2, 0.25) is 0 Å². The highest BCUT2D eigenvalue weighted by Gasteiger charge is 2.35. The van der Waals surface area contributed by atoms with Crippen molar-refractivity contribution in [1.29, 1.82) is 0 Å². The lowest BCUT2D eigenvalue weighted by molar-refractivity contribution is 0.0861. The monoisotopic (exact) mass is 422 g/mol. The van der Waals surface area contributed by atoms with Crippen molar-refractivity contribution in [2.45, 2.75) is 18.7 Å². The lowest BCUT2D eigenvalue weighted by Gasteiger charge is -2.21. The Labute approximate surface area is 167 Å². The zero-order valence-electron chi connectivity index (χ0n) is 15.8. The van der Waals surface area contributed by atoms with Gasteiger partial charge in [-0.25, -0.2) is 17.7 Å². The molecule has 8 nitrogen and oxygen atoms in total. The van der Waals surface area contributed by atoms with Crippen LogP contribution in [0.5, 0.6) is 5.75 Å². The molecule has 0 spiro atoms. The molecule has 28 heavy (non-hydrogen) atoms. The van der Waals surface area contributed by atoms with E-state index in [0.29, 0.717) is 11.3 Å². The number of methoxy groups -OCH3 is 1. The third-order valence-electron chi connectivity index (χ3n) is 4.28. The number of rotatable bonds is 5. The largest absolute Gasteiger partial charge is 0.496 e. The number of carbonyl (C=O) groups is 1. The third kappa shape index (κ3) is 3.20. The summed E-state index contributed by atoms with van der Waals surface area (Å²) in [5, 5.41) is 4.68. The van der Waals surface area contributed by atoms with Gasteiger partial charge in [0.15, 0.2) is 0 Å². The lowest BCUT2D eigenvalue weighted by Crippen LogP contribution is -2.37. The highest BCUT2D eigenvalue weighted by Crippen LogP contribution is 2.30. The van der Waals surface area contributed by atoms with Crippen LogP contribution in [-0.4, -0.2) is 47.0 Å². The summed E-state index contributed by atoms with van der Waals surface area (Å²) in [4.78, 5) is 17.2. The van der Waals surface area contributed by atoms with Crippen LogP contribution < -0.4 is 4.74 Å². The van der Waals surface area contributed by atoms with Gasteiger partial charge in [0.25, 0.3) is 15.9 Å². The molecule has 1 aromatic carbocycles. The fraction of sp³-hybridized carbons (Fsp3) is 0.278. The van der Waals surface area contributed by atoms with Gasteiger partial charge in [-0.15, -0.1) is 0 Å². The van der Waals surface area contributed by atoms with Crippen molar-refractivity contribution in [3.8, 4) is 5.75 Å². The summed E-state index contributed by atoms with van der Waals surface area (Å²) in [5.41, 5.74) is 0.690. The minimum Gasteiger partial charge on any atom is -0.496 e. The van der Waals surface area contributed by atoms with E-state index in [9.17, 15) is 13.2 Å². The molecular formula is C18H19ClN4O4S. The normalized spacial score (nSPS) is 11.6. The van der Waals surface area contributed by atoms with Crippen LogP contribution >= 0.6 is 11.6 Å². The molecule has 0 aliphatic rings. The van der Waals surface area contributed by atoms with Gasteiger partial charge >= 0.3 is 0 Å². The first-order chi connectivity index (χ1) is 13.2. The average Bonchev–Trinajstić information content (AvgIpc) is 2.93. The van der Waals surface area contributed by atoms with Crippen LogP contribution in [0.3, 0.4) is 0 Å². The Hall–Kier alpha value is -2.65. The molecule has 0 aliphatic heterocycles. The van der Waals surface area contributed by atoms with E-state index in [1.165, 1.54) is 31.8 Å². The van der Waals surface area contributed by atoms with Gasteiger partial charge in [0, 0.05) is 25.0 Å². The molecule has 2 heterocycles. The van der Waals surface area contributed by atoms with Crippen LogP contribution in [0.1, 0.15) is 23.1 Å². The van der Waals surface area contributed by atoms with Gasteiger partial charge in [0.1, 0.15) is 21.5 Å². The standard InChI is InChI=1S/C18H19ClN4O4S/c1-5-23(28(25,26)16-11(2)21-22(3)17(16)19)18(24)14-10-15(27-4)12-8-6-7-9-13(12)20-14/h6-10H,5H2,1-4H3. The minimum atomic E-state index is -4.22. The average molecular weight is 423 g/mol. The van der Waals surface area contributed by atoms with E-state index >= 15 is 0 Å². The van der Waals surface area contributed by atoms with Gasteiger partial charge in [0.05, 0.1) is 18.3 Å². The second-order valence-corrected chi connectivity index (χ2v) is 8.19. The molecule has 2 aromatic heterocycles. The zero-order chi connectivity index (χ0) is 20.6. The maximum atomic E-state index is 13.2. The van der Waals surface area contributed by atoms with E-state index in [4.69, 9.17) is 16.3 Å². The molecule has 0 saturated heterocycles. The summed E-state index contributed by atoms with van der Waals surface area (Å²) >= 11 is 6.12. The van der Waals surface area contributed by atoms with Crippen LogP contribution in [0.15, 0.2) is 35.2 Å². The number of carbonyl (C=O) groups excluding carboxylic acids is 1. The number of aromatic nitrogens is 3. The number of hydrogen-bond donors (Lipinski definition) is 0. The Morgan fingerprint density at radius 1 is 1.32 bits per heavy atom. The number of hydrogen-bond acceptors (Lipinski definition) is 6. The summed E-state index contributed by atoms with van der Waals surface area (Å²) in [6.07, 6.45) is 0. The molecule has 3 aromatic rings. The third-order valence-corrected chi connectivity index (χ3v) is 6.83. The maximum Gasteiger partial charge on any atom is 0.286 e. The van der Waals surface area contributed by atoms with Crippen molar-refractivity contribution in [2.75, 3.05) is 13.7 Å². The summed E-state index contributed by atoms with van der Waals surface area (Å²) in [5.74, 6) is -0.344. The summed E-state index contributed by atoms with van der Waals surface area (Å²) < 4.78 is 33.7. The molecule has 0 saturated carbocycles. The number of halogens is 1. The zero-order valence-corrected chi connectivity index (χ0v) is 17.4. The maximum absolute atomic E-state index is 13.2. The molecule has 10 heteroatoms. The van der Waals surface area contributed by atoms with Crippen LogP contribution in [-0.2, 0) is 17.1 Å². The molecule has 148 valence electrons. The molecular weight excluding hydrogens is 404 g/mol. The first kappa shape index (κ1) is 20.1. The Balaban J connectivity index is 2.13. The molecule has 0 N–H and O–H groups in total. The number of nitrogens with zero attached hydrogens (tertiary/aromatic N) is 4. The van der Waals surface area contributed by atoms with E-state index in [0.717, 1.165) is 9.69 Å². The number of pyridine rings is 1. The SMILES string of the molecule is CCN(C(=O)c1cc(OC)c2ccccc2n1)S(=O)(=O)c1c(C)nn(C)c1Cl. The Kier molecular flexibility index (Phi) is 5.31. The van der Waals surface area contributed by atoms with Crippen molar-refractivity contribution in [3.05, 3.63) is 46.9 Å². The number of aryl methyl sites for hydroxylation is 2. The molecule has 1 amide bonds. The minimum absolute atomic E-state index is 0.0429. The van der Waals surface area contributed by atoms with Crippen molar-refractivity contribution in [2.24, 2.45) is 7.05 Å². The predicted molar refractivity (Wildman–Crippen MR) is 105 cm³/mol. The molecule has 0 bridgehead atoms. The summed E-state index contributed by atoms with van der Waals surface area (Å²) in [6, 6.07) is 8.56. The number of sulfonamides is 1. The van der Waals surface area contributed by atoms with E-state index in [-0.39, 0.29) is 28.0 Å². The Morgan fingerprint density at radius 2 is 2.00 bits per heavy atom. The number of ether oxygens (including phenoxy) is 1. The summed E-state index contributed by atoms with van der Waals surface area (Å²) in [7, 11) is -1.22. The number of benzene rings is 1. The number of fused-ring (bicyclic) bond motifs is 1. The van der Waals surface area contributed by atoms with Gasteiger partial charge in [-0.05, 0) is 26.0 Å². The predicted octanol–water partition coefficient (Wildman–Crippen LogP) is 2.79. The molecule has 0 radical (unpaired) electrons. The molecule has 0 atom stereocenters. The first-order valence-corrected chi connectivity index (χ1v) is 10.2. The molecule has 3 rings (SSSR count). The number of amides is 1.